The van der Waals surface area contributed by atoms with E-state index in [1.165, 1.54) is 11.3 Å². The van der Waals surface area contributed by atoms with Gasteiger partial charge in [-0.15, -0.1) is 0 Å². The van der Waals surface area contributed by atoms with E-state index in [-0.39, 0.29) is 5.54 Å². The lowest BCUT2D eigenvalue weighted by Crippen LogP contribution is -2.45. The third-order valence-corrected chi connectivity index (χ3v) is 3.34. The van der Waals surface area contributed by atoms with Crippen LogP contribution in [0.2, 0.25) is 0 Å². The van der Waals surface area contributed by atoms with Gasteiger partial charge in [0.05, 0.1) is 0 Å². The molecule has 0 heterocycles. The van der Waals surface area contributed by atoms with Crippen molar-refractivity contribution >= 4 is 5.69 Å². The van der Waals surface area contributed by atoms with Gasteiger partial charge in [0.15, 0.2) is 0 Å². The highest BCUT2D eigenvalue weighted by Gasteiger charge is 2.25. The van der Waals surface area contributed by atoms with Gasteiger partial charge in [-0.05, 0) is 31.4 Å². The summed E-state index contributed by atoms with van der Waals surface area (Å²) in [6.45, 7) is 7.23. The SMILES string of the molecule is CCCC(CC)(CN)Nc1ccccc1C. The molecule has 0 aliphatic carbocycles. The molecule has 0 spiro atoms. The highest BCUT2D eigenvalue weighted by molar-refractivity contribution is 5.52. The van der Waals surface area contributed by atoms with E-state index < -0.39 is 0 Å². The van der Waals surface area contributed by atoms with Gasteiger partial charge in [-0.25, -0.2) is 0 Å². The lowest BCUT2D eigenvalue weighted by atomic mass is 9.90. The molecule has 0 aliphatic rings. The molecule has 0 fully saturated rings. The fourth-order valence-electron chi connectivity index (χ4n) is 2.10. The first kappa shape index (κ1) is 13.0. The molecule has 1 aromatic carbocycles. The summed E-state index contributed by atoms with van der Waals surface area (Å²) in [5.74, 6) is 0. The summed E-state index contributed by atoms with van der Waals surface area (Å²) in [4.78, 5) is 0. The summed E-state index contributed by atoms with van der Waals surface area (Å²) in [7, 11) is 0. The molecule has 3 N–H and O–H groups in total. The van der Waals surface area contributed by atoms with E-state index in [9.17, 15) is 0 Å². The Balaban J connectivity index is 2.87. The van der Waals surface area contributed by atoms with Crippen molar-refractivity contribution in [2.75, 3.05) is 11.9 Å². The highest BCUT2D eigenvalue weighted by Crippen LogP contribution is 2.24. The van der Waals surface area contributed by atoms with Gasteiger partial charge in [-0.2, -0.15) is 0 Å². The van der Waals surface area contributed by atoms with Crippen LogP contribution in [0.25, 0.3) is 0 Å². The van der Waals surface area contributed by atoms with E-state index in [0.717, 1.165) is 19.3 Å². The van der Waals surface area contributed by atoms with Gasteiger partial charge in [-0.1, -0.05) is 38.5 Å². The quantitative estimate of drug-likeness (QED) is 0.772. The Bertz CT molecular complexity index is 316. The van der Waals surface area contributed by atoms with Crippen LogP contribution in [-0.4, -0.2) is 12.1 Å². The van der Waals surface area contributed by atoms with Gasteiger partial charge >= 0.3 is 0 Å². The molecule has 1 aromatic rings. The number of para-hydroxylation sites is 1. The Morgan fingerprint density at radius 3 is 2.44 bits per heavy atom. The number of nitrogens with one attached hydrogen (secondary N) is 1. The molecule has 2 heteroatoms. The normalized spacial score (nSPS) is 14.5. The second-order valence-corrected chi connectivity index (χ2v) is 4.53. The van der Waals surface area contributed by atoms with Gasteiger partial charge in [0.25, 0.3) is 0 Å². The Kier molecular flexibility index (Phi) is 4.81. The summed E-state index contributed by atoms with van der Waals surface area (Å²) in [6.07, 6.45) is 3.34. The number of benzene rings is 1. The van der Waals surface area contributed by atoms with E-state index in [1.54, 1.807) is 0 Å². The Morgan fingerprint density at radius 2 is 1.94 bits per heavy atom. The van der Waals surface area contributed by atoms with E-state index in [1.807, 2.05) is 0 Å². The first-order valence-electron chi connectivity index (χ1n) is 6.21. The molecule has 0 amide bonds. The summed E-state index contributed by atoms with van der Waals surface area (Å²) in [6, 6.07) is 8.39. The molecule has 90 valence electrons. The van der Waals surface area contributed by atoms with E-state index in [0.29, 0.717) is 6.54 Å². The number of hydrogen-bond acceptors (Lipinski definition) is 2. The second kappa shape index (κ2) is 5.90. The summed E-state index contributed by atoms with van der Waals surface area (Å²) >= 11 is 0. The maximum absolute atomic E-state index is 5.94. The van der Waals surface area contributed by atoms with Crippen LogP contribution < -0.4 is 11.1 Å². The average molecular weight is 220 g/mol. The van der Waals surface area contributed by atoms with E-state index >= 15 is 0 Å². The first-order valence-corrected chi connectivity index (χ1v) is 6.21. The number of anilines is 1. The molecule has 1 rings (SSSR count). The van der Waals surface area contributed by atoms with Crippen molar-refractivity contribution in [1.29, 1.82) is 0 Å². The minimum atomic E-state index is 0.0564. The van der Waals surface area contributed by atoms with E-state index in [4.69, 9.17) is 5.73 Å². The van der Waals surface area contributed by atoms with Crippen LogP contribution in [0.3, 0.4) is 0 Å². The van der Waals surface area contributed by atoms with Crippen molar-refractivity contribution in [3.63, 3.8) is 0 Å². The highest BCUT2D eigenvalue weighted by atomic mass is 15.0. The zero-order valence-corrected chi connectivity index (χ0v) is 10.7. The molecular weight excluding hydrogens is 196 g/mol. The molecular formula is C14H24N2. The largest absolute Gasteiger partial charge is 0.378 e. The lowest BCUT2D eigenvalue weighted by Gasteiger charge is -2.34. The first-order chi connectivity index (χ1) is 7.67. The van der Waals surface area contributed by atoms with Crippen molar-refractivity contribution in [1.82, 2.24) is 0 Å². The number of aryl methyl sites for hydroxylation is 1. The van der Waals surface area contributed by atoms with Crippen LogP contribution in [0.4, 0.5) is 5.69 Å². The molecule has 0 bridgehead atoms. The Morgan fingerprint density at radius 1 is 1.25 bits per heavy atom. The van der Waals surface area contributed by atoms with Crippen LogP contribution >= 0.6 is 0 Å². The minimum absolute atomic E-state index is 0.0564. The third kappa shape index (κ3) is 2.99. The molecule has 2 nitrogen and oxygen atoms in total. The zero-order valence-electron chi connectivity index (χ0n) is 10.7. The fraction of sp³-hybridized carbons (Fsp3) is 0.571. The predicted octanol–water partition coefficient (Wildman–Crippen LogP) is 3.31. The van der Waals surface area contributed by atoms with Crippen LogP contribution in [0.15, 0.2) is 24.3 Å². The molecule has 1 atom stereocenters. The van der Waals surface area contributed by atoms with Crippen LogP contribution in [0, 0.1) is 6.92 Å². The van der Waals surface area contributed by atoms with E-state index in [2.05, 4.69) is 50.4 Å². The van der Waals surface area contributed by atoms with Crippen LogP contribution in [-0.2, 0) is 0 Å². The van der Waals surface area contributed by atoms with Crippen LogP contribution in [0.5, 0.6) is 0 Å². The van der Waals surface area contributed by atoms with Crippen molar-refractivity contribution in [3.8, 4) is 0 Å². The molecule has 0 radical (unpaired) electrons. The topological polar surface area (TPSA) is 38.0 Å². The maximum Gasteiger partial charge on any atom is 0.0493 e. The smallest absolute Gasteiger partial charge is 0.0493 e. The standard InChI is InChI=1S/C14H24N2/c1-4-10-14(5-2,11-15)16-13-9-7-6-8-12(13)3/h6-9,16H,4-5,10-11,15H2,1-3H3. The summed E-state index contributed by atoms with van der Waals surface area (Å²) < 4.78 is 0. The fourth-order valence-corrected chi connectivity index (χ4v) is 2.10. The zero-order chi connectivity index (χ0) is 12.0. The van der Waals surface area contributed by atoms with Gasteiger partial charge in [-0.3, -0.25) is 0 Å². The Hall–Kier alpha value is -1.02. The molecule has 0 aromatic heterocycles. The number of hydrogen-bond donors (Lipinski definition) is 2. The molecule has 0 saturated heterocycles. The number of rotatable bonds is 6. The second-order valence-electron chi connectivity index (χ2n) is 4.53. The summed E-state index contributed by atoms with van der Waals surface area (Å²) in [5, 5.41) is 3.64. The van der Waals surface area contributed by atoms with Crippen LogP contribution in [0.1, 0.15) is 38.7 Å². The molecule has 16 heavy (non-hydrogen) atoms. The van der Waals surface area contributed by atoms with Gasteiger partial charge < -0.3 is 11.1 Å². The average Bonchev–Trinajstić information content (AvgIpc) is 2.31. The Labute approximate surface area is 99.2 Å². The summed E-state index contributed by atoms with van der Waals surface area (Å²) in [5.41, 5.74) is 8.49. The maximum atomic E-state index is 5.94. The molecule has 0 saturated carbocycles. The van der Waals surface area contributed by atoms with Gasteiger partial charge in [0, 0.05) is 17.8 Å². The van der Waals surface area contributed by atoms with Crippen molar-refractivity contribution < 1.29 is 0 Å². The van der Waals surface area contributed by atoms with Crippen molar-refractivity contribution in [2.24, 2.45) is 5.73 Å². The predicted molar refractivity (Wildman–Crippen MR) is 71.8 cm³/mol. The monoisotopic (exact) mass is 220 g/mol. The molecule has 1 unspecified atom stereocenters. The van der Waals surface area contributed by atoms with Crippen molar-refractivity contribution in [2.45, 2.75) is 45.6 Å². The number of nitrogens with two attached hydrogens (primary N) is 1. The lowest BCUT2D eigenvalue weighted by molar-refractivity contribution is 0.421. The minimum Gasteiger partial charge on any atom is -0.378 e. The van der Waals surface area contributed by atoms with Crippen molar-refractivity contribution in [3.05, 3.63) is 29.8 Å². The molecule has 0 aliphatic heterocycles. The van der Waals surface area contributed by atoms with Gasteiger partial charge in [0.2, 0.25) is 0 Å². The third-order valence-electron chi connectivity index (χ3n) is 3.34. The van der Waals surface area contributed by atoms with Gasteiger partial charge in [0.1, 0.15) is 0 Å².